The summed E-state index contributed by atoms with van der Waals surface area (Å²) in [6, 6.07) is 19.9. The second-order valence-corrected chi connectivity index (χ2v) is 11.3. The number of carbonyl (C=O) groups is 1. The van der Waals surface area contributed by atoms with Crippen LogP contribution in [-0.2, 0) is 6.54 Å². The van der Waals surface area contributed by atoms with Gasteiger partial charge in [-0.15, -0.1) is 0 Å². The van der Waals surface area contributed by atoms with E-state index in [1.54, 1.807) is 12.5 Å². The number of aromatic nitrogens is 2. The zero-order valence-corrected chi connectivity index (χ0v) is 24.1. The first-order valence-corrected chi connectivity index (χ1v) is 14.6. The van der Waals surface area contributed by atoms with E-state index in [9.17, 15) is 4.79 Å². The Labute approximate surface area is 249 Å². The number of piperazine rings is 1. The number of furan rings is 1. The molecule has 1 saturated heterocycles. The van der Waals surface area contributed by atoms with E-state index in [0.717, 1.165) is 64.1 Å². The average molecular weight is 579 g/mol. The number of nitrogens with one attached hydrogen (secondary N) is 1. The SMILES string of the molecule is Cc1ccc(Cl)cc1CN1CCNc2ncc(-c3cccc(C(=O)N4CCN(c5nccc6occc56)CC4)c3)cc21. The maximum absolute atomic E-state index is 13.6. The molecule has 0 radical (unpaired) electrons. The number of rotatable bonds is 5. The number of anilines is 3. The average Bonchev–Trinajstić information content (AvgIpc) is 3.52. The van der Waals surface area contributed by atoms with Gasteiger partial charge < -0.3 is 24.4 Å². The van der Waals surface area contributed by atoms with Gasteiger partial charge in [0.2, 0.25) is 0 Å². The topological polar surface area (TPSA) is 77.7 Å². The number of benzene rings is 2. The van der Waals surface area contributed by atoms with Crippen LogP contribution in [0.15, 0.2) is 83.7 Å². The second-order valence-electron chi connectivity index (χ2n) is 10.8. The van der Waals surface area contributed by atoms with E-state index in [2.05, 4.69) is 39.2 Å². The first-order chi connectivity index (χ1) is 20.5. The Morgan fingerprint density at radius 3 is 2.74 bits per heavy atom. The fraction of sp³-hybridized carbons (Fsp3) is 0.242. The Bertz CT molecular complexity index is 1780. The largest absolute Gasteiger partial charge is 0.464 e. The Hall–Kier alpha value is -4.56. The van der Waals surface area contributed by atoms with E-state index in [4.69, 9.17) is 21.0 Å². The Morgan fingerprint density at radius 1 is 0.976 bits per heavy atom. The molecule has 9 heteroatoms. The van der Waals surface area contributed by atoms with Crippen molar-refractivity contribution >= 4 is 45.8 Å². The summed E-state index contributed by atoms with van der Waals surface area (Å²) in [5.74, 6) is 1.82. The van der Waals surface area contributed by atoms with Gasteiger partial charge in [0.25, 0.3) is 5.91 Å². The summed E-state index contributed by atoms with van der Waals surface area (Å²) in [6.45, 7) is 7.23. The first kappa shape index (κ1) is 26.3. The number of halogens is 1. The number of hydrogen-bond acceptors (Lipinski definition) is 7. The van der Waals surface area contributed by atoms with Crippen LogP contribution in [0, 0.1) is 6.92 Å². The molecule has 1 fully saturated rings. The van der Waals surface area contributed by atoms with Crippen molar-refractivity contribution in [2.45, 2.75) is 13.5 Å². The molecule has 2 aliphatic rings. The van der Waals surface area contributed by atoms with Gasteiger partial charge >= 0.3 is 0 Å². The van der Waals surface area contributed by atoms with E-state index in [-0.39, 0.29) is 5.91 Å². The van der Waals surface area contributed by atoms with Crippen molar-refractivity contribution in [3.05, 3.63) is 101 Å². The maximum atomic E-state index is 13.6. The van der Waals surface area contributed by atoms with Crippen molar-refractivity contribution in [1.82, 2.24) is 14.9 Å². The zero-order valence-electron chi connectivity index (χ0n) is 23.4. The van der Waals surface area contributed by atoms with Gasteiger partial charge in [0.05, 0.1) is 17.3 Å². The summed E-state index contributed by atoms with van der Waals surface area (Å²) in [7, 11) is 0. The quantitative estimate of drug-likeness (QED) is 0.264. The monoisotopic (exact) mass is 578 g/mol. The van der Waals surface area contributed by atoms with Gasteiger partial charge in [-0.2, -0.15) is 0 Å². The number of fused-ring (bicyclic) bond motifs is 2. The molecule has 1 N–H and O–H groups in total. The number of aryl methyl sites for hydroxylation is 1. The number of nitrogens with zero attached hydrogens (tertiary/aromatic N) is 5. The Balaban J connectivity index is 1.08. The normalized spacial score (nSPS) is 15.0. The molecule has 5 aromatic rings. The summed E-state index contributed by atoms with van der Waals surface area (Å²) in [5.41, 5.74) is 6.91. The molecule has 0 spiro atoms. The van der Waals surface area contributed by atoms with Crippen molar-refractivity contribution in [3.8, 4) is 11.1 Å². The summed E-state index contributed by atoms with van der Waals surface area (Å²) >= 11 is 6.31. The van der Waals surface area contributed by atoms with Gasteiger partial charge in [0.15, 0.2) is 0 Å². The van der Waals surface area contributed by atoms with Crippen LogP contribution < -0.4 is 15.1 Å². The van der Waals surface area contributed by atoms with Crippen molar-refractivity contribution in [3.63, 3.8) is 0 Å². The highest BCUT2D eigenvalue weighted by molar-refractivity contribution is 6.30. The molecule has 0 aliphatic carbocycles. The standard InChI is InChI=1S/C33H31ClN6O2/c1-22-5-6-27(34)18-26(22)21-40-11-10-35-31-29(40)19-25(20-37-31)23-3-2-4-24(17-23)33(41)39-14-12-38(13-15-39)32-28-8-16-42-30(28)7-9-36-32/h2-9,16-20H,10-15,21H2,1H3,(H,35,37). The lowest BCUT2D eigenvalue weighted by Crippen LogP contribution is -2.49. The number of pyridine rings is 2. The molecule has 42 heavy (non-hydrogen) atoms. The third-order valence-electron chi connectivity index (χ3n) is 8.22. The second kappa shape index (κ2) is 11.0. The zero-order chi connectivity index (χ0) is 28.6. The molecule has 0 saturated carbocycles. The van der Waals surface area contributed by atoms with Crippen LogP contribution in [0.1, 0.15) is 21.5 Å². The Morgan fingerprint density at radius 2 is 1.86 bits per heavy atom. The van der Waals surface area contributed by atoms with Crippen molar-refractivity contribution in [2.75, 3.05) is 54.4 Å². The fourth-order valence-electron chi connectivity index (χ4n) is 5.87. The molecule has 0 atom stereocenters. The highest BCUT2D eigenvalue weighted by atomic mass is 35.5. The lowest BCUT2D eigenvalue weighted by molar-refractivity contribution is 0.0746. The molecule has 2 aromatic carbocycles. The summed E-state index contributed by atoms with van der Waals surface area (Å²) in [4.78, 5) is 29.4. The molecular formula is C33H31ClN6O2. The fourth-order valence-corrected chi connectivity index (χ4v) is 6.06. The van der Waals surface area contributed by atoms with Crippen LogP contribution in [0.25, 0.3) is 22.1 Å². The molecule has 0 bridgehead atoms. The third-order valence-corrected chi connectivity index (χ3v) is 8.46. The van der Waals surface area contributed by atoms with Gasteiger partial charge in [0, 0.05) is 74.4 Å². The minimum atomic E-state index is 0.0385. The minimum Gasteiger partial charge on any atom is -0.464 e. The minimum absolute atomic E-state index is 0.0385. The van der Waals surface area contributed by atoms with Gasteiger partial charge in [0.1, 0.15) is 17.2 Å². The summed E-state index contributed by atoms with van der Waals surface area (Å²) in [5, 5.41) is 5.17. The molecule has 1 amide bonds. The van der Waals surface area contributed by atoms with Crippen LogP contribution >= 0.6 is 11.6 Å². The van der Waals surface area contributed by atoms with Crippen molar-refractivity contribution in [1.29, 1.82) is 0 Å². The molecule has 212 valence electrons. The lowest BCUT2D eigenvalue weighted by Gasteiger charge is -2.35. The number of carbonyl (C=O) groups excluding carboxylic acids is 1. The Kier molecular flexibility index (Phi) is 6.91. The van der Waals surface area contributed by atoms with Crippen LogP contribution in [0.3, 0.4) is 0 Å². The molecule has 8 nitrogen and oxygen atoms in total. The highest BCUT2D eigenvalue weighted by Gasteiger charge is 2.25. The van der Waals surface area contributed by atoms with E-state index >= 15 is 0 Å². The third kappa shape index (κ3) is 5.03. The molecule has 5 heterocycles. The molecule has 2 aliphatic heterocycles. The van der Waals surface area contributed by atoms with E-state index in [1.807, 2.05) is 59.6 Å². The predicted octanol–water partition coefficient (Wildman–Crippen LogP) is 6.25. The molecule has 7 rings (SSSR count). The summed E-state index contributed by atoms with van der Waals surface area (Å²) in [6.07, 6.45) is 5.34. The summed E-state index contributed by atoms with van der Waals surface area (Å²) < 4.78 is 5.54. The number of hydrogen-bond donors (Lipinski definition) is 1. The van der Waals surface area contributed by atoms with Gasteiger partial charge in [-0.3, -0.25) is 4.79 Å². The molecule has 0 unspecified atom stereocenters. The smallest absolute Gasteiger partial charge is 0.253 e. The van der Waals surface area contributed by atoms with Gasteiger partial charge in [-0.05, 0) is 66.1 Å². The van der Waals surface area contributed by atoms with E-state index in [1.165, 1.54) is 11.1 Å². The van der Waals surface area contributed by atoms with E-state index < -0.39 is 0 Å². The van der Waals surface area contributed by atoms with Crippen molar-refractivity contribution in [2.24, 2.45) is 0 Å². The van der Waals surface area contributed by atoms with Crippen LogP contribution in [0.4, 0.5) is 17.3 Å². The van der Waals surface area contributed by atoms with Crippen LogP contribution in [0.5, 0.6) is 0 Å². The van der Waals surface area contributed by atoms with Crippen LogP contribution in [-0.4, -0.2) is 60.0 Å². The van der Waals surface area contributed by atoms with E-state index in [0.29, 0.717) is 31.7 Å². The maximum Gasteiger partial charge on any atom is 0.253 e. The highest BCUT2D eigenvalue weighted by Crippen LogP contribution is 2.34. The first-order valence-electron chi connectivity index (χ1n) is 14.2. The van der Waals surface area contributed by atoms with Gasteiger partial charge in [-0.25, -0.2) is 9.97 Å². The van der Waals surface area contributed by atoms with Crippen molar-refractivity contribution < 1.29 is 9.21 Å². The molecule has 3 aromatic heterocycles. The lowest BCUT2D eigenvalue weighted by atomic mass is 10.0. The predicted molar refractivity (Wildman–Crippen MR) is 168 cm³/mol. The van der Waals surface area contributed by atoms with Crippen LogP contribution in [0.2, 0.25) is 5.02 Å². The van der Waals surface area contributed by atoms with Gasteiger partial charge in [-0.1, -0.05) is 29.8 Å². The molecular weight excluding hydrogens is 548 g/mol. The number of amides is 1.